The van der Waals surface area contributed by atoms with E-state index in [0.717, 1.165) is 9.30 Å². The molecule has 1 saturated heterocycles. The minimum absolute atomic E-state index is 0.134. The highest BCUT2D eigenvalue weighted by atomic mass is 32.2. The van der Waals surface area contributed by atoms with Crippen LogP contribution in [0.3, 0.4) is 0 Å². The molecule has 3 heterocycles. The number of carbonyl (C=O) groups excluding carboxylic acids is 1. The van der Waals surface area contributed by atoms with Crippen LogP contribution in [-0.4, -0.2) is 62.7 Å². The van der Waals surface area contributed by atoms with E-state index in [0.29, 0.717) is 32.1 Å². The molecule has 3 rings (SSSR count). The zero-order valence-corrected chi connectivity index (χ0v) is 11.1. The van der Waals surface area contributed by atoms with Gasteiger partial charge in [-0.1, -0.05) is 23.1 Å². The number of aromatic nitrogens is 4. The minimum Gasteiger partial charge on any atom is -0.378 e. The van der Waals surface area contributed by atoms with Crippen LogP contribution in [0, 0.1) is 0 Å². The predicted molar refractivity (Wildman–Crippen MR) is 66.8 cm³/mol. The van der Waals surface area contributed by atoms with E-state index in [2.05, 4.69) is 15.3 Å². The number of hydrogen-bond acceptors (Lipinski definition) is 7. The summed E-state index contributed by atoms with van der Waals surface area (Å²) in [6, 6.07) is 0. The first-order valence-electron chi connectivity index (χ1n) is 5.48. The van der Waals surface area contributed by atoms with Crippen LogP contribution in [0.4, 0.5) is 0 Å². The van der Waals surface area contributed by atoms with Crippen molar-refractivity contribution in [3.8, 4) is 0 Å². The number of ether oxygens (including phenoxy) is 1. The first-order chi connectivity index (χ1) is 8.83. The molecule has 0 radical (unpaired) electrons. The molecule has 9 heteroatoms. The van der Waals surface area contributed by atoms with Gasteiger partial charge in [-0.2, -0.15) is 4.52 Å². The Morgan fingerprint density at radius 3 is 3.11 bits per heavy atom. The molecule has 2 aromatic rings. The Morgan fingerprint density at radius 2 is 2.33 bits per heavy atom. The van der Waals surface area contributed by atoms with E-state index in [4.69, 9.17) is 4.74 Å². The Kier molecular flexibility index (Phi) is 3.43. The summed E-state index contributed by atoms with van der Waals surface area (Å²) in [5.74, 6) is 0.540. The summed E-state index contributed by atoms with van der Waals surface area (Å²) in [5, 5.41) is 11.9. The molecule has 7 nitrogen and oxygen atoms in total. The summed E-state index contributed by atoms with van der Waals surface area (Å²) in [6.45, 7) is 2.63. The largest absolute Gasteiger partial charge is 0.378 e. The molecule has 0 aromatic carbocycles. The standard InChI is InChI=1S/C9H11N5O2S2/c15-7(13-1-3-16-4-2-13)5-17-9-12-14-6-10-11-8(14)18-9/h6H,1-5H2. The van der Waals surface area contributed by atoms with Crippen LogP contribution in [0.5, 0.6) is 0 Å². The number of amides is 1. The van der Waals surface area contributed by atoms with Crippen molar-refractivity contribution in [1.82, 2.24) is 24.7 Å². The third kappa shape index (κ3) is 2.47. The topological polar surface area (TPSA) is 72.6 Å². The van der Waals surface area contributed by atoms with Crippen molar-refractivity contribution in [1.29, 1.82) is 0 Å². The van der Waals surface area contributed by atoms with E-state index >= 15 is 0 Å². The van der Waals surface area contributed by atoms with E-state index in [1.165, 1.54) is 23.1 Å². The summed E-state index contributed by atoms with van der Waals surface area (Å²) in [4.78, 5) is 14.5. The highest BCUT2D eigenvalue weighted by Gasteiger charge is 2.17. The van der Waals surface area contributed by atoms with Gasteiger partial charge in [0.1, 0.15) is 6.33 Å². The molecule has 0 unspecified atom stereocenters. The second-order valence-electron chi connectivity index (χ2n) is 3.71. The molecule has 0 atom stereocenters. The summed E-state index contributed by atoms with van der Waals surface area (Å²) >= 11 is 2.88. The molecule has 96 valence electrons. The lowest BCUT2D eigenvalue weighted by Crippen LogP contribution is -2.41. The predicted octanol–water partition coefficient (Wildman–Crippen LogP) is 0.137. The average Bonchev–Trinajstić information content (AvgIpc) is 2.97. The maximum Gasteiger partial charge on any atom is 0.235 e. The lowest BCUT2D eigenvalue weighted by Gasteiger charge is -2.26. The van der Waals surface area contributed by atoms with E-state index in [1.807, 2.05) is 4.90 Å². The van der Waals surface area contributed by atoms with Crippen LogP contribution in [0.1, 0.15) is 0 Å². The summed E-state index contributed by atoms with van der Waals surface area (Å²) in [5.41, 5.74) is 0. The number of morpholine rings is 1. The van der Waals surface area contributed by atoms with Crippen molar-refractivity contribution in [3.63, 3.8) is 0 Å². The van der Waals surface area contributed by atoms with E-state index in [-0.39, 0.29) is 5.91 Å². The monoisotopic (exact) mass is 285 g/mol. The van der Waals surface area contributed by atoms with Gasteiger partial charge in [0, 0.05) is 13.1 Å². The SMILES string of the molecule is O=C(CSc1nn2cnnc2s1)N1CCOCC1. The quantitative estimate of drug-likeness (QED) is 0.747. The lowest BCUT2D eigenvalue weighted by atomic mass is 10.4. The Hall–Kier alpha value is -1.19. The highest BCUT2D eigenvalue weighted by Crippen LogP contribution is 2.23. The van der Waals surface area contributed by atoms with Gasteiger partial charge in [-0.05, 0) is 0 Å². The molecule has 1 amide bonds. The molecule has 1 aliphatic rings. The molecule has 0 aliphatic carbocycles. The van der Waals surface area contributed by atoms with Gasteiger partial charge in [-0.15, -0.1) is 15.3 Å². The van der Waals surface area contributed by atoms with Crippen LogP contribution in [-0.2, 0) is 9.53 Å². The van der Waals surface area contributed by atoms with Crippen molar-refractivity contribution in [2.24, 2.45) is 0 Å². The number of hydrogen-bond donors (Lipinski definition) is 0. The van der Waals surface area contributed by atoms with E-state index < -0.39 is 0 Å². The summed E-state index contributed by atoms with van der Waals surface area (Å²) in [7, 11) is 0. The molecular weight excluding hydrogens is 274 g/mol. The van der Waals surface area contributed by atoms with Crippen molar-refractivity contribution < 1.29 is 9.53 Å². The van der Waals surface area contributed by atoms with Gasteiger partial charge in [0.2, 0.25) is 10.9 Å². The Bertz CT molecular complexity index is 519. The molecular formula is C9H11N5O2S2. The third-order valence-electron chi connectivity index (χ3n) is 2.55. The zero-order valence-electron chi connectivity index (χ0n) is 9.48. The fourth-order valence-electron chi connectivity index (χ4n) is 1.63. The fourth-order valence-corrected chi connectivity index (χ4v) is 3.39. The van der Waals surface area contributed by atoms with Crippen molar-refractivity contribution in [2.45, 2.75) is 4.34 Å². The van der Waals surface area contributed by atoms with Crippen molar-refractivity contribution >= 4 is 34.0 Å². The van der Waals surface area contributed by atoms with Gasteiger partial charge in [-0.3, -0.25) is 4.79 Å². The van der Waals surface area contributed by atoms with Gasteiger partial charge in [0.15, 0.2) is 4.34 Å². The van der Waals surface area contributed by atoms with E-state index in [1.54, 1.807) is 10.8 Å². The normalized spacial score (nSPS) is 16.3. The smallest absolute Gasteiger partial charge is 0.235 e. The van der Waals surface area contributed by atoms with Crippen LogP contribution in [0.2, 0.25) is 0 Å². The van der Waals surface area contributed by atoms with Crippen LogP contribution in [0.25, 0.3) is 4.96 Å². The van der Waals surface area contributed by atoms with Crippen LogP contribution >= 0.6 is 23.1 Å². The minimum atomic E-state index is 0.134. The number of fused-ring (bicyclic) bond motifs is 1. The summed E-state index contributed by atoms with van der Waals surface area (Å²) < 4.78 is 7.66. The lowest BCUT2D eigenvalue weighted by molar-refractivity contribution is -0.132. The van der Waals surface area contributed by atoms with Crippen molar-refractivity contribution in [3.05, 3.63) is 6.33 Å². The molecule has 0 spiro atoms. The first kappa shape index (κ1) is 11.9. The number of thioether (sulfide) groups is 1. The molecule has 2 aromatic heterocycles. The molecule has 18 heavy (non-hydrogen) atoms. The number of nitrogens with zero attached hydrogens (tertiary/aromatic N) is 5. The Labute approximate surface area is 111 Å². The van der Waals surface area contributed by atoms with E-state index in [9.17, 15) is 4.79 Å². The van der Waals surface area contributed by atoms with Gasteiger partial charge < -0.3 is 9.64 Å². The second-order valence-corrected chi connectivity index (χ2v) is 5.89. The molecule has 0 bridgehead atoms. The molecule has 0 saturated carbocycles. The summed E-state index contributed by atoms with van der Waals surface area (Å²) in [6.07, 6.45) is 1.56. The molecule has 0 N–H and O–H groups in total. The van der Waals surface area contributed by atoms with Gasteiger partial charge in [-0.25, -0.2) is 0 Å². The van der Waals surface area contributed by atoms with Crippen molar-refractivity contribution in [2.75, 3.05) is 32.1 Å². The van der Waals surface area contributed by atoms with Crippen LogP contribution < -0.4 is 0 Å². The highest BCUT2D eigenvalue weighted by molar-refractivity contribution is 8.01. The maximum absolute atomic E-state index is 11.9. The van der Waals surface area contributed by atoms with Gasteiger partial charge in [0.25, 0.3) is 0 Å². The first-order valence-corrected chi connectivity index (χ1v) is 7.28. The Balaban J connectivity index is 1.57. The second kappa shape index (κ2) is 5.21. The van der Waals surface area contributed by atoms with Crippen LogP contribution in [0.15, 0.2) is 10.7 Å². The molecule has 1 aliphatic heterocycles. The average molecular weight is 285 g/mol. The molecule has 1 fully saturated rings. The number of carbonyl (C=O) groups is 1. The maximum atomic E-state index is 11.9. The zero-order chi connectivity index (χ0) is 12.4. The Morgan fingerprint density at radius 1 is 1.50 bits per heavy atom. The van der Waals surface area contributed by atoms with Gasteiger partial charge >= 0.3 is 0 Å². The van der Waals surface area contributed by atoms with Gasteiger partial charge in [0.05, 0.1) is 19.0 Å². The fraction of sp³-hybridized carbons (Fsp3) is 0.556. The third-order valence-corrected chi connectivity index (χ3v) is 4.58. The number of rotatable bonds is 3.